The zero-order valence-electron chi connectivity index (χ0n) is 16.0. The predicted molar refractivity (Wildman–Crippen MR) is 108 cm³/mol. The predicted octanol–water partition coefficient (Wildman–Crippen LogP) is 2.74. The van der Waals surface area contributed by atoms with Gasteiger partial charge < -0.3 is 29.7 Å². The molecule has 156 valence electrons. The molecule has 3 atom stereocenters. The first-order valence-electron chi connectivity index (χ1n) is 9.32. The lowest BCUT2D eigenvalue weighted by atomic mass is 9.94. The van der Waals surface area contributed by atoms with Crippen molar-refractivity contribution < 1.29 is 29.2 Å². The normalized spacial score (nSPS) is 20.0. The van der Waals surface area contributed by atoms with Crippen molar-refractivity contribution >= 4 is 17.6 Å². The number of carbonyl (C=O) groups is 1. The summed E-state index contributed by atoms with van der Waals surface area (Å²) in [6, 6.07) is 13.6. The molecule has 0 amide bonds. The average Bonchev–Trinajstić information content (AvgIpc) is 2.71. The summed E-state index contributed by atoms with van der Waals surface area (Å²) in [5.41, 5.74) is -1.49. The van der Waals surface area contributed by atoms with E-state index in [1.165, 1.54) is 0 Å². The smallest absolute Gasteiger partial charge is 0.351 e. The zero-order chi connectivity index (χ0) is 20.9. The second kappa shape index (κ2) is 9.35. The molecule has 0 fully saturated rings. The molecule has 0 saturated carbocycles. The van der Waals surface area contributed by atoms with E-state index in [1.807, 2.05) is 6.92 Å². The van der Waals surface area contributed by atoms with Crippen LogP contribution in [0.15, 0.2) is 48.5 Å². The summed E-state index contributed by atoms with van der Waals surface area (Å²) >= 11 is 5.82. The lowest BCUT2D eigenvalue weighted by molar-refractivity contribution is -0.162. The fraction of sp³-hybridized carbons (Fsp3) is 0.381. The minimum atomic E-state index is -1.49. The Labute approximate surface area is 174 Å². The van der Waals surface area contributed by atoms with Gasteiger partial charge in [-0.1, -0.05) is 23.7 Å². The van der Waals surface area contributed by atoms with Crippen LogP contribution in [0.5, 0.6) is 17.2 Å². The summed E-state index contributed by atoms with van der Waals surface area (Å²) in [6.45, 7) is 2.08. The maximum atomic E-state index is 11.9. The largest absolute Gasteiger partial charge is 0.491 e. The van der Waals surface area contributed by atoms with E-state index in [-0.39, 0.29) is 32.2 Å². The van der Waals surface area contributed by atoms with E-state index in [4.69, 9.17) is 25.8 Å². The van der Waals surface area contributed by atoms with Crippen LogP contribution in [0.25, 0.3) is 0 Å². The standard InChI is InChI=1S/C21H24ClNO6/c1-14(23-11-16(24)12-27-17-8-6-15(22)7-9-17)10-21(20(25)26)13-28-18-4-2-3-5-19(18)29-21/h2-9,14,16,23-24H,10-13H2,1H3,(H,25,26)/t14-,16+,21-/m1/s1. The first-order chi connectivity index (χ1) is 13.9. The number of halogens is 1. The Balaban J connectivity index is 1.50. The molecule has 0 aromatic heterocycles. The van der Waals surface area contributed by atoms with Crippen molar-refractivity contribution in [1.29, 1.82) is 0 Å². The summed E-state index contributed by atoms with van der Waals surface area (Å²) in [7, 11) is 0. The lowest BCUT2D eigenvalue weighted by Gasteiger charge is -2.36. The van der Waals surface area contributed by atoms with Crippen LogP contribution in [0.4, 0.5) is 0 Å². The molecule has 2 aromatic rings. The Hall–Kier alpha value is -2.48. The van der Waals surface area contributed by atoms with Gasteiger partial charge >= 0.3 is 5.97 Å². The quantitative estimate of drug-likeness (QED) is 0.572. The van der Waals surface area contributed by atoms with Crippen LogP contribution >= 0.6 is 11.6 Å². The van der Waals surface area contributed by atoms with Gasteiger partial charge in [0.1, 0.15) is 25.1 Å². The first kappa shape index (κ1) is 21.2. The van der Waals surface area contributed by atoms with Gasteiger partial charge in [0.2, 0.25) is 5.60 Å². The third kappa shape index (κ3) is 5.53. The highest BCUT2D eigenvalue weighted by atomic mass is 35.5. The Morgan fingerprint density at radius 2 is 1.93 bits per heavy atom. The number of fused-ring (bicyclic) bond motifs is 1. The van der Waals surface area contributed by atoms with Crippen molar-refractivity contribution in [1.82, 2.24) is 5.32 Å². The molecule has 0 unspecified atom stereocenters. The molecule has 3 rings (SSSR count). The van der Waals surface area contributed by atoms with E-state index in [1.54, 1.807) is 48.5 Å². The molecule has 0 saturated heterocycles. The van der Waals surface area contributed by atoms with Gasteiger partial charge in [0.25, 0.3) is 0 Å². The van der Waals surface area contributed by atoms with E-state index in [0.29, 0.717) is 22.3 Å². The molecule has 7 nitrogen and oxygen atoms in total. The summed E-state index contributed by atoms with van der Waals surface area (Å²) in [4.78, 5) is 11.9. The number of rotatable bonds is 9. The number of nitrogens with one attached hydrogen (secondary N) is 1. The van der Waals surface area contributed by atoms with Gasteiger partial charge in [-0.3, -0.25) is 0 Å². The fourth-order valence-electron chi connectivity index (χ4n) is 3.07. The van der Waals surface area contributed by atoms with Crippen molar-refractivity contribution in [3.63, 3.8) is 0 Å². The van der Waals surface area contributed by atoms with Gasteiger partial charge in [-0.25, -0.2) is 4.79 Å². The number of hydrogen-bond donors (Lipinski definition) is 3. The Morgan fingerprint density at radius 1 is 1.24 bits per heavy atom. The Morgan fingerprint density at radius 3 is 2.62 bits per heavy atom. The molecule has 29 heavy (non-hydrogen) atoms. The molecule has 2 aromatic carbocycles. The van der Waals surface area contributed by atoms with Crippen LogP contribution in [0.2, 0.25) is 5.02 Å². The highest BCUT2D eigenvalue weighted by Gasteiger charge is 2.46. The molecule has 1 heterocycles. The minimum absolute atomic E-state index is 0.0897. The molecular formula is C21H24ClNO6. The highest BCUT2D eigenvalue weighted by Crippen LogP contribution is 2.36. The summed E-state index contributed by atoms with van der Waals surface area (Å²) in [6.07, 6.45) is -0.598. The maximum absolute atomic E-state index is 11.9. The van der Waals surface area contributed by atoms with Crippen molar-refractivity contribution in [2.45, 2.75) is 31.1 Å². The average molecular weight is 422 g/mol. The van der Waals surface area contributed by atoms with E-state index < -0.39 is 17.7 Å². The summed E-state index contributed by atoms with van der Waals surface area (Å²) < 4.78 is 16.9. The second-order valence-electron chi connectivity index (χ2n) is 7.07. The molecular weight excluding hydrogens is 398 g/mol. The molecule has 8 heteroatoms. The number of hydrogen-bond acceptors (Lipinski definition) is 6. The molecule has 3 N–H and O–H groups in total. The van der Waals surface area contributed by atoms with Crippen LogP contribution in [-0.4, -0.2) is 53.7 Å². The molecule has 0 radical (unpaired) electrons. The number of aliphatic carboxylic acids is 1. The van der Waals surface area contributed by atoms with Gasteiger partial charge in [-0.2, -0.15) is 0 Å². The van der Waals surface area contributed by atoms with Crippen LogP contribution in [0.1, 0.15) is 13.3 Å². The van der Waals surface area contributed by atoms with E-state index in [2.05, 4.69) is 5.32 Å². The Kier molecular flexibility index (Phi) is 6.84. The van der Waals surface area contributed by atoms with E-state index in [9.17, 15) is 15.0 Å². The molecule has 0 aliphatic carbocycles. The highest BCUT2D eigenvalue weighted by molar-refractivity contribution is 6.30. The van der Waals surface area contributed by atoms with Gasteiger partial charge in [0, 0.05) is 24.0 Å². The maximum Gasteiger partial charge on any atom is 0.351 e. The van der Waals surface area contributed by atoms with Crippen molar-refractivity contribution in [3.05, 3.63) is 53.6 Å². The summed E-state index contributed by atoms with van der Waals surface area (Å²) in [5, 5.41) is 23.6. The van der Waals surface area contributed by atoms with Crippen molar-refractivity contribution in [2.24, 2.45) is 0 Å². The van der Waals surface area contributed by atoms with Crippen LogP contribution in [0.3, 0.4) is 0 Å². The van der Waals surface area contributed by atoms with Crippen LogP contribution in [-0.2, 0) is 4.79 Å². The number of carboxylic acids is 1. The first-order valence-corrected chi connectivity index (χ1v) is 9.70. The number of benzene rings is 2. The number of aliphatic hydroxyl groups excluding tert-OH is 1. The second-order valence-corrected chi connectivity index (χ2v) is 7.51. The number of carboxylic acid groups (broad SMARTS) is 1. The van der Waals surface area contributed by atoms with Gasteiger partial charge in [-0.15, -0.1) is 0 Å². The van der Waals surface area contributed by atoms with Crippen molar-refractivity contribution in [3.8, 4) is 17.2 Å². The number of aliphatic hydroxyl groups is 1. The van der Waals surface area contributed by atoms with Crippen LogP contribution < -0.4 is 19.5 Å². The SMILES string of the molecule is C[C@H](C[C@]1(C(=O)O)COc2ccccc2O1)NC[C@H](O)COc1ccc(Cl)cc1. The topological polar surface area (TPSA) is 97.3 Å². The third-order valence-corrected chi connectivity index (χ3v) is 4.85. The monoisotopic (exact) mass is 421 g/mol. The summed E-state index contributed by atoms with van der Waals surface area (Å²) in [5.74, 6) is 0.453. The molecule has 1 aliphatic heterocycles. The van der Waals surface area contributed by atoms with E-state index in [0.717, 1.165) is 0 Å². The lowest BCUT2D eigenvalue weighted by Crippen LogP contribution is -2.55. The zero-order valence-corrected chi connectivity index (χ0v) is 16.8. The fourth-order valence-corrected chi connectivity index (χ4v) is 3.19. The molecule has 0 spiro atoms. The number of ether oxygens (including phenoxy) is 3. The minimum Gasteiger partial charge on any atom is -0.491 e. The Bertz CT molecular complexity index is 830. The number of para-hydroxylation sites is 2. The van der Waals surface area contributed by atoms with Crippen molar-refractivity contribution in [2.75, 3.05) is 19.8 Å². The van der Waals surface area contributed by atoms with Gasteiger partial charge in [0.05, 0.1) is 0 Å². The molecule has 1 aliphatic rings. The third-order valence-electron chi connectivity index (χ3n) is 4.60. The molecule has 0 bridgehead atoms. The van der Waals surface area contributed by atoms with Gasteiger partial charge in [0.15, 0.2) is 11.5 Å². The van der Waals surface area contributed by atoms with Crippen LogP contribution in [0, 0.1) is 0 Å². The van der Waals surface area contributed by atoms with E-state index >= 15 is 0 Å². The van der Waals surface area contributed by atoms with Gasteiger partial charge in [-0.05, 0) is 43.3 Å².